The third-order valence-electron chi connectivity index (χ3n) is 4.55. The number of esters is 1. The van der Waals surface area contributed by atoms with Crippen molar-refractivity contribution in [3.8, 4) is 0 Å². The summed E-state index contributed by atoms with van der Waals surface area (Å²) < 4.78 is 5.72. The van der Waals surface area contributed by atoms with Crippen molar-refractivity contribution in [3.05, 3.63) is 70.9 Å². The molecule has 1 aliphatic heterocycles. The van der Waals surface area contributed by atoms with E-state index in [1.807, 2.05) is 66.8 Å². The third kappa shape index (κ3) is 3.77. The largest absolute Gasteiger partial charge is 0.454 e. The zero-order valence-corrected chi connectivity index (χ0v) is 16.5. The molecule has 0 radical (unpaired) electrons. The first-order valence-corrected chi connectivity index (χ1v) is 10.8. The minimum absolute atomic E-state index is 0.200. The highest BCUT2D eigenvalue weighted by Gasteiger charge is 2.20. The molecule has 0 atom stereocenters. The van der Waals surface area contributed by atoms with Gasteiger partial charge in [0.15, 0.2) is 6.61 Å². The van der Waals surface area contributed by atoms with Crippen LogP contribution in [0.3, 0.4) is 0 Å². The van der Waals surface area contributed by atoms with Crippen LogP contribution in [0.25, 0.3) is 10.9 Å². The second kappa shape index (κ2) is 7.82. The molecule has 1 N–H and O–H groups in total. The van der Waals surface area contributed by atoms with Gasteiger partial charge in [-0.1, -0.05) is 30.3 Å². The lowest BCUT2D eigenvalue weighted by atomic mass is 10.1. The fourth-order valence-electron chi connectivity index (χ4n) is 3.25. The van der Waals surface area contributed by atoms with E-state index in [9.17, 15) is 9.59 Å². The highest BCUT2D eigenvalue weighted by Crippen LogP contribution is 2.45. The number of nitrogens with one attached hydrogen (secondary N) is 1. The van der Waals surface area contributed by atoms with E-state index < -0.39 is 5.97 Å². The van der Waals surface area contributed by atoms with Crippen LogP contribution < -0.4 is 0 Å². The maximum Gasteiger partial charge on any atom is 0.338 e. The van der Waals surface area contributed by atoms with E-state index in [-0.39, 0.29) is 12.4 Å². The van der Waals surface area contributed by atoms with Crippen LogP contribution in [0, 0.1) is 6.92 Å². The Morgan fingerprint density at radius 2 is 1.78 bits per heavy atom. The molecule has 4 rings (SSSR count). The number of aryl methyl sites for hydroxylation is 1. The fourth-order valence-corrected chi connectivity index (χ4v) is 6.11. The minimum atomic E-state index is -0.473. The van der Waals surface area contributed by atoms with Gasteiger partial charge in [0.2, 0.25) is 5.78 Å². The Balaban J connectivity index is 1.42. The van der Waals surface area contributed by atoms with E-state index in [1.54, 1.807) is 12.1 Å². The molecule has 2 aromatic carbocycles. The number of hydrogen-bond acceptors (Lipinski definition) is 5. The van der Waals surface area contributed by atoms with Crippen LogP contribution in [0.2, 0.25) is 0 Å². The number of thioether (sulfide) groups is 2. The molecule has 0 aliphatic carbocycles. The Morgan fingerprint density at radius 3 is 2.52 bits per heavy atom. The summed E-state index contributed by atoms with van der Waals surface area (Å²) in [6.07, 6.45) is 0. The van der Waals surface area contributed by atoms with Crippen molar-refractivity contribution in [2.24, 2.45) is 0 Å². The highest BCUT2D eigenvalue weighted by molar-refractivity contribution is 8.19. The molecule has 3 aromatic rings. The van der Waals surface area contributed by atoms with Crippen LogP contribution >= 0.6 is 23.5 Å². The van der Waals surface area contributed by atoms with Gasteiger partial charge in [0, 0.05) is 33.7 Å². The van der Waals surface area contributed by atoms with Gasteiger partial charge in [-0.05, 0) is 30.7 Å². The molecule has 0 unspecified atom stereocenters. The van der Waals surface area contributed by atoms with Crippen molar-refractivity contribution in [3.63, 3.8) is 0 Å². The van der Waals surface area contributed by atoms with E-state index in [0.717, 1.165) is 28.1 Å². The van der Waals surface area contributed by atoms with Crippen LogP contribution in [0.4, 0.5) is 0 Å². The molecular formula is C21H19NO3S2. The summed E-state index contributed by atoms with van der Waals surface area (Å²) in [7, 11) is 0. The second-order valence-corrected chi connectivity index (χ2v) is 9.09. The van der Waals surface area contributed by atoms with Gasteiger partial charge in [0.1, 0.15) is 0 Å². The predicted molar refractivity (Wildman–Crippen MR) is 112 cm³/mol. The SMILES string of the molecule is Cc1[nH]c2ccccc2c1C(=O)COC(=O)c1ccc(C2SCCS2)cc1. The van der Waals surface area contributed by atoms with Gasteiger partial charge in [-0.2, -0.15) is 0 Å². The van der Waals surface area contributed by atoms with Gasteiger partial charge in [-0.15, -0.1) is 23.5 Å². The Bertz CT molecular complexity index is 988. The number of H-pyrrole nitrogens is 1. The standard InChI is InChI=1S/C21H19NO3S2/c1-13-19(16-4-2-3-5-17(16)22-13)18(23)12-25-20(24)14-6-8-15(9-7-14)21-26-10-11-27-21/h2-9,21-22H,10-12H2,1H3. The topological polar surface area (TPSA) is 59.2 Å². The maximum absolute atomic E-state index is 12.6. The van der Waals surface area contributed by atoms with Gasteiger partial charge in [-0.25, -0.2) is 4.79 Å². The Hall–Kier alpha value is -2.18. The van der Waals surface area contributed by atoms with Crippen LogP contribution in [0.5, 0.6) is 0 Å². The molecule has 1 fully saturated rings. The van der Waals surface area contributed by atoms with Gasteiger partial charge >= 0.3 is 5.97 Å². The fraction of sp³-hybridized carbons (Fsp3) is 0.238. The number of aromatic amines is 1. The first-order chi connectivity index (χ1) is 13.1. The molecule has 1 aliphatic rings. The molecule has 2 heterocycles. The van der Waals surface area contributed by atoms with Gasteiger partial charge in [0.05, 0.1) is 10.1 Å². The normalized spacial score (nSPS) is 14.6. The number of aromatic nitrogens is 1. The monoisotopic (exact) mass is 397 g/mol. The average Bonchev–Trinajstić information content (AvgIpc) is 3.33. The second-order valence-electron chi connectivity index (χ2n) is 6.37. The lowest BCUT2D eigenvalue weighted by molar-refractivity contribution is 0.0475. The molecule has 1 aromatic heterocycles. The van der Waals surface area contributed by atoms with Gasteiger partial charge < -0.3 is 9.72 Å². The first kappa shape index (κ1) is 18.2. The number of rotatable bonds is 5. The molecule has 6 heteroatoms. The number of carbonyl (C=O) groups excluding carboxylic acids is 2. The molecule has 1 saturated heterocycles. The molecule has 138 valence electrons. The van der Waals surface area contributed by atoms with Crippen molar-refractivity contribution in [1.82, 2.24) is 4.98 Å². The van der Waals surface area contributed by atoms with Crippen LogP contribution in [-0.4, -0.2) is 34.8 Å². The summed E-state index contributed by atoms with van der Waals surface area (Å²) in [5, 5.41) is 0.854. The number of hydrogen-bond donors (Lipinski definition) is 1. The molecular weight excluding hydrogens is 378 g/mol. The lowest BCUT2D eigenvalue weighted by Crippen LogP contribution is -2.15. The zero-order chi connectivity index (χ0) is 18.8. The summed E-state index contributed by atoms with van der Waals surface area (Å²) in [4.78, 5) is 28.1. The highest BCUT2D eigenvalue weighted by atomic mass is 32.2. The van der Waals surface area contributed by atoms with E-state index in [0.29, 0.717) is 15.7 Å². The molecule has 27 heavy (non-hydrogen) atoms. The summed E-state index contributed by atoms with van der Waals surface area (Å²) in [6, 6.07) is 15.1. The number of para-hydroxylation sites is 1. The van der Waals surface area contributed by atoms with Crippen LogP contribution in [0.15, 0.2) is 48.5 Å². The van der Waals surface area contributed by atoms with E-state index in [2.05, 4.69) is 4.98 Å². The summed E-state index contributed by atoms with van der Waals surface area (Å²) in [6.45, 7) is 1.59. The molecule has 0 bridgehead atoms. The minimum Gasteiger partial charge on any atom is -0.454 e. The van der Waals surface area contributed by atoms with Crippen molar-refractivity contribution in [1.29, 1.82) is 0 Å². The summed E-state index contributed by atoms with van der Waals surface area (Å²) in [5.41, 5.74) is 3.96. The molecule has 0 saturated carbocycles. The molecule has 0 spiro atoms. The Labute approximate surface area is 166 Å². The summed E-state index contributed by atoms with van der Waals surface area (Å²) >= 11 is 3.85. The van der Waals surface area contributed by atoms with Crippen LogP contribution in [0.1, 0.15) is 36.6 Å². The third-order valence-corrected chi connectivity index (χ3v) is 7.65. The summed E-state index contributed by atoms with van der Waals surface area (Å²) in [5.74, 6) is 1.65. The number of ketones is 1. The Kier molecular flexibility index (Phi) is 5.27. The van der Waals surface area contributed by atoms with Gasteiger partial charge in [0.25, 0.3) is 0 Å². The van der Waals surface area contributed by atoms with Crippen molar-refractivity contribution >= 4 is 46.2 Å². The first-order valence-electron chi connectivity index (χ1n) is 8.74. The Morgan fingerprint density at radius 1 is 1.07 bits per heavy atom. The zero-order valence-electron chi connectivity index (χ0n) is 14.9. The van der Waals surface area contributed by atoms with E-state index >= 15 is 0 Å². The van der Waals surface area contributed by atoms with E-state index in [1.165, 1.54) is 5.56 Å². The average molecular weight is 398 g/mol. The predicted octanol–water partition coefficient (Wildman–Crippen LogP) is 4.99. The number of fused-ring (bicyclic) bond motifs is 1. The molecule has 0 amide bonds. The van der Waals surface area contributed by atoms with E-state index in [4.69, 9.17) is 4.74 Å². The van der Waals surface area contributed by atoms with Crippen LogP contribution in [-0.2, 0) is 4.74 Å². The maximum atomic E-state index is 12.6. The number of carbonyl (C=O) groups is 2. The molecule has 4 nitrogen and oxygen atoms in total. The number of ether oxygens (including phenoxy) is 1. The van der Waals surface area contributed by atoms with Crippen molar-refractivity contribution < 1.29 is 14.3 Å². The number of Topliss-reactive ketones (excluding diaryl/α,β-unsaturated/α-hetero) is 1. The quantitative estimate of drug-likeness (QED) is 0.485. The smallest absolute Gasteiger partial charge is 0.338 e. The van der Waals surface area contributed by atoms with Crippen molar-refractivity contribution in [2.45, 2.75) is 11.5 Å². The van der Waals surface area contributed by atoms with Gasteiger partial charge in [-0.3, -0.25) is 4.79 Å². The lowest BCUT2D eigenvalue weighted by Gasteiger charge is -2.09. The van der Waals surface area contributed by atoms with Crippen molar-refractivity contribution in [2.75, 3.05) is 18.1 Å². The number of benzene rings is 2.